The van der Waals surface area contributed by atoms with Crippen molar-refractivity contribution in [1.82, 2.24) is 9.97 Å². The molecule has 2 rings (SSSR count). The highest BCUT2D eigenvalue weighted by atomic mass is 35.5. The van der Waals surface area contributed by atoms with Gasteiger partial charge in [0, 0.05) is 6.04 Å². The van der Waals surface area contributed by atoms with E-state index in [1.54, 1.807) is 6.92 Å². The van der Waals surface area contributed by atoms with Crippen LogP contribution < -0.4 is 5.32 Å². The van der Waals surface area contributed by atoms with Crippen LogP contribution >= 0.6 is 11.6 Å². The third-order valence-electron chi connectivity index (χ3n) is 3.66. The van der Waals surface area contributed by atoms with E-state index in [4.69, 9.17) is 16.3 Å². The minimum absolute atomic E-state index is 0.00499. The lowest BCUT2D eigenvalue weighted by Gasteiger charge is -2.36. The van der Waals surface area contributed by atoms with E-state index in [-0.39, 0.29) is 30.2 Å². The zero-order valence-electron chi connectivity index (χ0n) is 12.3. The van der Waals surface area contributed by atoms with Crippen LogP contribution in [0.1, 0.15) is 39.0 Å². The van der Waals surface area contributed by atoms with E-state index in [0.29, 0.717) is 19.3 Å². The summed E-state index contributed by atoms with van der Waals surface area (Å²) in [5.41, 5.74) is -1.14. The number of nitrogens with one attached hydrogen (secondary N) is 1. The normalized spacial score (nSPS) is 24.8. The molecule has 1 unspecified atom stereocenters. The lowest BCUT2D eigenvalue weighted by molar-refractivity contribution is -0.150. The topological polar surface area (TPSA) is 84.3 Å². The molecule has 1 heterocycles. The van der Waals surface area contributed by atoms with Crippen molar-refractivity contribution in [3.8, 4) is 0 Å². The number of nitrogens with zero attached hydrogens (tertiary/aromatic N) is 2. The van der Waals surface area contributed by atoms with Crippen LogP contribution in [0.5, 0.6) is 0 Å². The molecule has 8 heteroatoms. The molecule has 0 spiro atoms. The van der Waals surface area contributed by atoms with Crippen molar-refractivity contribution in [2.24, 2.45) is 0 Å². The number of carbonyl (C=O) groups is 1. The van der Waals surface area contributed by atoms with Gasteiger partial charge in [0.1, 0.15) is 0 Å². The monoisotopic (exact) mass is 331 g/mol. The maximum Gasteiger partial charge on any atom is 0.308 e. The number of hydrogen-bond donors (Lipinski definition) is 2. The molecule has 22 heavy (non-hydrogen) atoms. The fourth-order valence-electron chi connectivity index (χ4n) is 2.74. The van der Waals surface area contributed by atoms with E-state index in [2.05, 4.69) is 15.3 Å². The van der Waals surface area contributed by atoms with Gasteiger partial charge in [0.15, 0.2) is 11.6 Å². The summed E-state index contributed by atoms with van der Waals surface area (Å²) >= 11 is 5.65. The molecular weight excluding hydrogens is 313 g/mol. The molecule has 2 atom stereocenters. The van der Waals surface area contributed by atoms with Crippen LogP contribution in [0.25, 0.3) is 0 Å². The second kappa shape index (κ2) is 7.19. The van der Waals surface area contributed by atoms with Crippen LogP contribution in [0.4, 0.5) is 10.2 Å². The Bertz CT molecular complexity index is 546. The Kier molecular flexibility index (Phi) is 5.52. The van der Waals surface area contributed by atoms with Gasteiger partial charge in [-0.1, -0.05) is 0 Å². The molecule has 1 fully saturated rings. The van der Waals surface area contributed by atoms with Gasteiger partial charge in [0.05, 0.1) is 24.8 Å². The molecular formula is C14H19ClFN3O3. The first-order valence-corrected chi connectivity index (χ1v) is 7.62. The van der Waals surface area contributed by atoms with E-state index in [1.807, 2.05) is 0 Å². The predicted molar refractivity (Wildman–Crippen MR) is 79.1 cm³/mol. The van der Waals surface area contributed by atoms with Gasteiger partial charge in [-0.05, 0) is 44.2 Å². The van der Waals surface area contributed by atoms with Crippen molar-refractivity contribution < 1.29 is 19.0 Å². The highest BCUT2D eigenvalue weighted by molar-refractivity contribution is 6.28. The number of hydrogen-bond acceptors (Lipinski definition) is 6. The molecule has 0 aliphatic heterocycles. The van der Waals surface area contributed by atoms with E-state index in [1.165, 1.54) is 0 Å². The quantitative estimate of drug-likeness (QED) is 0.636. The Morgan fingerprint density at radius 2 is 2.45 bits per heavy atom. The fourth-order valence-corrected chi connectivity index (χ4v) is 2.88. The zero-order valence-corrected chi connectivity index (χ0v) is 13.1. The summed E-state index contributed by atoms with van der Waals surface area (Å²) in [4.78, 5) is 18.9. The average molecular weight is 332 g/mol. The summed E-state index contributed by atoms with van der Waals surface area (Å²) in [7, 11) is 0. The summed E-state index contributed by atoms with van der Waals surface area (Å²) < 4.78 is 18.5. The number of aromatic nitrogens is 2. The van der Waals surface area contributed by atoms with E-state index < -0.39 is 17.4 Å². The molecule has 1 aromatic heterocycles. The summed E-state index contributed by atoms with van der Waals surface area (Å²) in [6.45, 7) is 2.00. The van der Waals surface area contributed by atoms with Crippen molar-refractivity contribution >= 4 is 23.4 Å². The molecule has 122 valence electrons. The Labute approximate surface area is 133 Å². The van der Waals surface area contributed by atoms with E-state index in [9.17, 15) is 14.3 Å². The molecule has 2 N–H and O–H groups in total. The van der Waals surface area contributed by atoms with Crippen LogP contribution in [0.2, 0.25) is 5.28 Å². The number of esters is 1. The largest absolute Gasteiger partial charge is 0.466 e. The number of halogens is 2. The average Bonchev–Trinajstić information content (AvgIpc) is 2.42. The third kappa shape index (κ3) is 4.51. The number of rotatable bonds is 5. The van der Waals surface area contributed by atoms with Crippen LogP contribution in [0.3, 0.4) is 0 Å². The maximum absolute atomic E-state index is 13.6. The lowest BCUT2D eigenvalue weighted by atomic mass is 9.79. The molecule has 0 saturated heterocycles. The van der Waals surface area contributed by atoms with Crippen molar-refractivity contribution in [3.05, 3.63) is 17.3 Å². The number of ether oxygens (including phenoxy) is 1. The zero-order chi connectivity index (χ0) is 16.2. The Morgan fingerprint density at radius 3 is 3.18 bits per heavy atom. The first-order valence-electron chi connectivity index (χ1n) is 7.24. The van der Waals surface area contributed by atoms with Gasteiger partial charge >= 0.3 is 5.97 Å². The van der Waals surface area contributed by atoms with Crippen molar-refractivity contribution in [1.29, 1.82) is 0 Å². The summed E-state index contributed by atoms with van der Waals surface area (Å²) in [5, 5.41) is 13.4. The molecule has 0 amide bonds. The standard InChI is InChI=1S/C14H19ClFN3O3/c1-2-22-11(20)7-14(21)5-3-4-9(6-14)18-12-10(16)8-17-13(15)19-12/h8-9,21H,2-7H2,1H3,(H,17,18,19)/t9?,14-/m1/s1. The molecule has 0 bridgehead atoms. The van der Waals surface area contributed by atoms with Crippen molar-refractivity contribution in [2.45, 2.75) is 50.7 Å². The number of anilines is 1. The van der Waals surface area contributed by atoms with Gasteiger partial charge in [-0.15, -0.1) is 0 Å². The second-order valence-corrected chi connectivity index (χ2v) is 5.82. The number of aliphatic hydroxyl groups is 1. The number of carbonyl (C=O) groups excluding carboxylic acids is 1. The van der Waals surface area contributed by atoms with E-state index in [0.717, 1.165) is 12.6 Å². The SMILES string of the molecule is CCOC(=O)C[C@@]1(O)CCCC(Nc2nc(Cl)ncc2F)C1. The molecule has 1 aromatic rings. The first kappa shape index (κ1) is 16.9. The van der Waals surface area contributed by atoms with Gasteiger partial charge in [-0.3, -0.25) is 4.79 Å². The van der Waals surface area contributed by atoms with Crippen LogP contribution in [-0.2, 0) is 9.53 Å². The Hall–Kier alpha value is -1.47. The van der Waals surface area contributed by atoms with Crippen LogP contribution in [0, 0.1) is 5.82 Å². The second-order valence-electron chi connectivity index (χ2n) is 5.48. The van der Waals surface area contributed by atoms with Crippen LogP contribution in [-0.4, -0.2) is 39.3 Å². The van der Waals surface area contributed by atoms with Crippen molar-refractivity contribution in [3.63, 3.8) is 0 Å². The minimum atomic E-state index is -1.14. The maximum atomic E-state index is 13.6. The molecule has 1 aliphatic carbocycles. The van der Waals surface area contributed by atoms with Gasteiger partial charge in [0.2, 0.25) is 5.28 Å². The molecule has 1 saturated carbocycles. The summed E-state index contributed by atoms with van der Waals surface area (Å²) in [5.74, 6) is -1.03. The lowest BCUT2D eigenvalue weighted by Crippen LogP contribution is -2.42. The highest BCUT2D eigenvalue weighted by Crippen LogP contribution is 2.33. The van der Waals surface area contributed by atoms with Gasteiger partial charge in [-0.25, -0.2) is 9.37 Å². The van der Waals surface area contributed by atoms with Gasteiger partial charge in [0.25, 0.3) is 0 Å². The summed E-state index contributed by atoms with van der Waals surface area (Å²) in [6.07, 6.45) is 3.21. The fraction of sp³-hybridized carbons (Fsp3) is 0.643. The third-order valence-corrected chi connectivity index (χ3v) is 3.84. The Balaban J connectivity index is 2.01. The Morgan fingerprint density at radius 1 is 1.68 bits per heavy atom. The smallest absolute Gasteiger partial charge is 0.308 e. The van der Waals surface area contributed by atoms with Gasteiger partial charge < -0.3 is 15.2 Å². The first-order chi connectivity index (χ1) is 10.4. The van der Waals surface area contributed by atoms with Crippen LogP contribution in [0.15, 0.2) is 6.20 Å². The predicted octanol–water partition coefficient (Wildman–Crippen LogP) is 2.31. The molecule has 0 radical (unpaired) electrons. The molecule has 0 aromatic carbocycles. The minimum Gasteiger partial charge on any atom is -0.466 e. The molecule has 6 nitrogen and oxygen atoms in total. The summed E-state index contributed by atoms with van der Waals surface area (Å²) in [6, 6.07) is -0.200. The van der Waals surface area contributed by atoms with E-state index >= 15 is 0 Å². The van der Waals surface area contributed by atoms with Gasteiger partial charge in [-0.2, -0.15) is 4.98 Å². The van der Waals surface area contributed by atoms with Crippen molar-refractivity contribution in [2.75, 3.05) is 11.9 Å². The highest BCUT2D eigenvalue weighted by Gasteiger charge is 2.37. The molecule has 1 aliphatic rings.